The maximum atomic E-state index is 11.4. The molecule has 3 aromatic rings. The minimum Gasteiger partial charge on any atom is -0.336 e. The van der Waals surface area contributed by atoms with Crippen molar-refractivity contribution in [2.75, 3.05) is 0 Å². The zero-order valence-corrected chi connectivity index (χ0v) is 16.7. The number of benzene rings is 1. The zero-order valence-electron chi connectivity index (χ0n) is 15.9. The molecule has 1 aliphatic rings. The fourth-order valence-electron chi connectivity index (χ4n) is 3.92. The molecule has 0 radical (unpaired) electrons. The van der Waals surface area contributed by atoms with Gasteiger partial charge in [-0.25, -0.2) is 0 Å². The van der Waals surface area contributed by atoms with Crippen LogP contribution in [0.5, 0.6) is 0 Å². The van der Waals surface area contributed by atoms with Gasteiger partial charge in [0, 0.05) is 35.4 Å². The van der Waals surface area contributed by atoms with Crippen molar-refractivity contribution in [1.29, 1.82) is 5.26 Å². The molecule has 0 saturated heterocycles. The lowest BCUT2D eigenvalue weighted by Gasteiger charge is -2.16. The third-order valence-electron chi connectivity index (χ3n) is 5.19. The summed E-state index contributed by atoms with van der Waals surface area (Å²) in [6.45, 7) is 2.68. The van der Waals surface area contributed by atoms with Crippen LogP contribution in [0.25, 0.3) is 22.2 Å². The van der Waals surface area contributed by atoms with Crippen molar-refractivity contribution in [2.24, 2.45) is 5.92 Å². The Labute approximate surface area is 170 Å². The smallest absolute Gasteiger partial charge is 0.218 e. The summed E-state index contributed by atoms with van der Waals surface area (Å²) >= 11 is 0. The molecule has 29 heavy (non-hydrogen) atoms. The van der Waals surface area contributed by atoms with E-state index in [2.05, 4.69) is 34.7 Å². The Kier molecular flexibility index (Phi) is 5.15. The molecule has 0 spiro atoms. The highest BCUT2D eigenvalue weighted by molar-refractivity contribution is 7.73. The summed E-state index contributed by atoms with van der Waals surface area (Å²) in [5.41, 5.74) is 5.39. The highest BCUT2D eigenvalue weighted by Gasteiger charge is 2.21. The van der Waals surface area contributed by atoms with Gasteiger partial charge in [-0.2, -0.15) is 13.7 Å². The second-order valence-electron chi connectivity index (χ2n) is 6.84. The van der Waals surface area contributed by atoms with Crippen molar-refractivity contribution in [3.05, 3.63) is 78.2 Å². The van der Waals surface area contributed by atoms with Crippen molar-refractivity contribution >= 4 is 26.1 Å². The van der Waals surface area contributed by atoms with Crippen LogP contribution in [-0.2, 0) is 23.3 Å². The van der Waals surface area contributed by atoms with Crippen molar-refractivity contribution < 1.29 is 8.42 Å². The Morgan fingerprint density at radius 3 is 2.69 bits per heavy atom. The topological polar surface area (TPSA) is 75.8 Å². The molecule has 0 amide bonds. The van der Waals surface area contributed by atoms with Crippen LogP contribution in [0.15, 0.2) is 72.6 Å². The molecular weight excluding hydrogens is 382 g/mol. The van der Waals surface area contributed by atoms with Gasteiger partial charge in [-0.15, -0.1) is 0 Å². The Bertz CT molecular complexity index is 1320. The summed E-state index contributed by atoms with van der Waals surface area (Å²) in [5.74, 6) is -0.761. The van der Waals surface area contributed by atoms with Gasteiger partial charge in [-0.05, 0) is 41.8 Å². The summed E-state index contributed by atoms with van der Waals surface area (Å²) < 4.78 is 25.0. The van der Waals surface area contributed by atoms with E-state index >= 15 is 0 Å². The van der Waals surface area contributed by atoms with Crippen LogP contribution < -0.4 is 0 Å². The number of nitriles is 1. The van der Waals surface area contributed by atoms with E-state index in [1.165, 1.54) is 17.0 Å². The highest BCUT2D eigenvalue weighted by atomic mass is 32.2. The van der Waals surface area contributed by atoms with Crippen LogP contribution in [0.2, 0.25) is 0 Å². The van der Waals surface area contributed by atoms with E-state index in [0.29, 0.717) is 6.54 Å². The lowest BCUT2D eigenvalue weighted by Crippen LogP contribution is -2.15. The molecule has 0 fully saturated rings. The first-order chi connectivity index (χ1) is 14.1. The summed E-state index contributed by atoms with van der Waals surface area (Å²) in [4.78, 5) is 4.40. The predicted molar refractivity (Wildman–Crippen MR) is 115 cm³/mol. The van der Waals surface area contributed by atoms with E-state index in [0.717, 1.165) is 28.8 Å². The third-order valence-corrected chi connectivity index (χ3v) is 5.96. The number of aryl methyl sites for hydroxylation is 1. The summed E-state index contributed by atoms with van der Waals surface area (Å²) in [5, 5.41) is 10.6. The maximum Gasteiger partial charge on any atom is 0.218 e. The van der Waals surface area contributed by atoms with E-state index < -0.39 is 16.2 Å². The average Bonchev–Trinajstić information content (AvgIpc) is 3.07. The molecule has 1 unspecified atom stereocenters. The van der Waals surface area contributed by atoms with Gasteiger partial charge in [0.05, 0.1) is 16.6 Å². The predicted octanol–water partition coefficient (Wildman–Crippen LogP) is 3.95. The van der Waals surface area contributed by atoms with Gasteiger partial charge in [0.1, 0.15) is 5.92 Å². The molecule has 0 aliphatic heterocycles. The average molecular weight is 401 g/mol. The molecule has 0 N–H and O–H groups in total. The molecule has 1 aromatic carbocycles. The Morgan fingerprint density at radius 1 is 1.17 bits per heavy atom. The summed E-state index contributed by atoms with van der Waals surface area (Å²) in [6.07, 6.45) is 9.54. The first-order valence-electron chi connectivity index (χ1n) is 9.39. The molecule has 0 bridgehead atoms. The molecule has 5 nitrogen and oxygen atoms in total. The van der Waals surface area contributed by atoms with Crippen LogP contribution in [0.3, 0.4) is 0 Å². The maximum absolute atomic E-state index is 11.4. The monoisotopic (exact) mass is 401 g/mol. The van der Waals surface area contributed by atoms with Gasteiger partial charge in [-0.3, -0.25) is 4.98 Å². The van der Waals surface area contributed by atoms with Crippen molar-refractivity contribution in [1.82, 2.24) is 9.55 Å². The van der Waals surface area contributed by atoms with Crippen LogP contribution in [-0.4, -0.2) is 22.8 Å². The fraction of sp³-hybridized carbons (Fsp3) is 0.174. The van der Waals surface area contributed by atoms with Crippen LogP contribution in [0.4, 0.5) is 0 Å². The molecule has 2 aromatic heterocycles. The Hall–Kier alpha value is -3.43. The van der Waals surface area contributed by atoms with Crippen LogP contribution in [0, 0.1) is 17.2 Å². The molecule has 1 atom stereocenters. The fourth-order valence-corrected chi connectivity index (χ4v) is 4.43. The molecule has 4 rings (SSSR count). The second kappa shape index (κ2) is 7.90. The normalized spacial score (nSPS) is 15.9. The van der Waals surface area contributed by atoms with Crippen LogP contribution >= 0.6 is 0 Å². The molecule has 6 heteroatoms. The number of pyridine rings is 1. The number of allylic oxidation sites excluding steroid dienone is 4. The Morgan fingerprint density at radius 2 is 2.00 bits per heavy atom. The summed E-state index contributed by atoms with van der Waals surface area (Å²) in [6, 6.07) is 14.3. The largest absolute Gasteiger partial charge is 0.336 e. The van der Waals surface area contributed by atoms with Crippen molar-refractivity contribution in [3.63, 3.8) is 0 Å². The third kappa shape index (κ3) is 3.41. The number of rotatable bonds is 4. The van der Waals surface area contributed by atoms with Gasteiger partial charge in [0.25, 0.3) is 0 Å². The number of aromatic nitrogens is 2. The van der Waals surface area contributed by atoms with E-state index in [1.54, 1.807) is 18.3 Å². The van der Waals surface area contributed by atoms with E-state index in [4.69, 9.17) is 0 Å². The number of fused-ring (bicyclic) bond motifs is 1. The molecule has 1 aliphatic carbocycles. The quantitative estimate of drug-likeness (QED) is 0.620. The Balaban J connectivity index is 1.90. The first-order valence-corrected chi connectivity index (χ1v) is 10.5. The minimum absolute atomic E-state index is 0.107. The molecule has 144 valence electrons. The number of nitrogens with zero attached hydrogens (tertiary/aromatic N) is 3. The van der Waals surface area contributed by atoms with Crippen molar-refractivity contribution in [3.8, 4) is 17.3 Å². The zero-order chi connectivity index (χ0) is 20.4. The highest BCUT2D eigenvalue weighted by Crippen LogP contribution is 2.35. The van der Waals surface area contributed by atoms with E-state index in [1.807, 2.05) is 30.5 Å². The second-order valence-corrected chi connectivity index (χ2v) is 7.79. The lowest BCUT2D eigenvalue weighted by molar-refractivity contribution is 0.626. The van der Waals surface area contributed by atoms with Gasteiger partial charge < -0.3 is 4.57 Å². The molecule has 2 heterocycles. The first kappa shape index (κ1) is 18.9. The molecule has 0 saturated carbocycles. The number of hydrogen-bond acceptors (Lipinski definition) is 4. The SMILES string of the molecule is CCc1c(-c2cccnc2)n(CC2=CC(C#N)C(=S(=O)=O)C=C2)c2ccccc12. The lowest BCUT2D eigenvalue weighted by atomic mass is 9.97. The van der Waals surface area contributed by atoms with E-state index in [9.17, 15) is 13.7 Å². The number of para-hydroxylation sites is 1. The number of hydrogen-bond donors (Lipinski definition) is 0. The summed E-state index contributed by atoms with van der Waals surface area (Å²) in [7, 11) is -2.40. The standard InChI is InChI=1S/C23H19N3O2S/c1-2-19-20-7-3-4-8-21(20)26(23(19)17-6-5-11-25-14-17)15-16-9-10-22(29(27)28)18(12-16)13-24/h3-12,14,18H,2,15H2,1H3. The minimum atomic E-state index is -2.40. The van der Waals surface area contributed by atoms with Gasteiger partial charge in [0.15, 0.2) is 0 Å². The van der Waals surface area contributed by atoms with Gasteiger partial charge in [0.2, 0.25) is 10.3 Å². The van der Waals surface area contributed by atoms with Gasteiger partial charge >= 0.3 is 0 Å². The van der Waals surface area contributed by atoms with Crippen molar-refractivity contribution in [2.45, 2.75) is 19.9 Å². The van der Waals surface area contributed by atoms with Gasteiger partial charge in [-0.1, -0.05) is 37.3 Å². The van der Waals surface area contributed by atoms with E-state index in [-0.39, 0.29) is 4.86 Å². The molecular formula is C23H19N3O2S. The van der Waals surface area contributed by atoms with Crippen LogP contribution in [0.1, 0.15) is 12.5 Å².